The normalized spacial score (nSPS) is 7.88. The van der Waals surface area contributed by atoms with Crippen LogP contribution >= 0.6 is 0 Å². The number of hydrogen-bond acceptors (Lipinski definition) is 1. The Labute approximate surface area is 50.6 Å². The average Bonchev–Trinajstić information content (AvgIpc) is 1.81. The first-order valence-corrected chi connectivity index (χ1v) is 2.74. The third kappa shape index (κ3) is 5.23. The van der Waals surface area contributed by atoms with Crippen molar-refractivity contribution in [2.75, 3.05) is 0 Å². The third-order valence-electron chi connectivity index (χ3n) is 0.848. The first kappa shape index (κ1) is 7.23. The predicted molar refractivity (Wildman–Crippen MR) is 34.0 cm³/mol. The first-order valence-electron chi connectivity index (χ1n) is 2.74. The fraction of sp³-hybridized carbons (Fsp3) is 0.429. The van der Waals surface area contributed by atoms with E-state index in [0.717, 1.165) is 19.3 Å². The smallest absolute Gasteiger partial charge is 0.0669 e. The minimum absolute atomic E-state index is 0.891. The zero-order chi connectivity index (χ0) is 6.24. The molecule has 0 atom stereocenters. The molecule has 8 heavy (non-hydrogen) atoms. The maximum Gasteiger partial charge on any atom is 0.0669 e. The number of nitriles is 1. The lowest BCUT2D eigenvalue weighted by atomic mass is 10.2. The quantitative estimate of drug-likeness (QED) is 0.399. The van der Waals surface area contributed by atoms with E-state index in [9.17, 15) is 0 Å². The number of rotatable bonds is 4. The molecule has 1 radical (unpaired) electrons. The van der Waals surface area contributed by atoms with Crippen LogP contribution in [0.5, 0.6) is 0 Å². The molecule has 0 aliphatic heterocycles. The van der Waals surface area contributed by atoms with Crippen LogP contribution in [0.1, 0.15) is 19.3 Å². The van der Waals surface area contributed by atoms with Gasteiger partial charge in [-0.05, 0) is 19.3 Å². The molecule has 0 aromatic rings. The van der Waals surface area contributed by atoms with Crippen molar-refractivity contribution >= 4 is 0 Å². The van der Waals surface area contributed by atoms with Crippen LogP contribution in [-0.4, -0.2) is 0 Å². The summed E-state index contributed by atoms with van der Waals surface area (Å²) in [5.41, 5.74) is 0. The Morgan fingerprint density at radius 1 is 1.50 bits per heavy atom. The molecule has 0 N–H and O–H groups in total. The number of hydrogen-bond donors (Lipinski definition) is 0. The van der Waals surface area contributed by atoms with Gasteiger partial charge in [-0.25, -0.2) is 0 Å². The average molecular weight is 108 g/mol. The molecule has 0 aromatic heterocycles. The molecule has 0 aromatic carbocycles. The molecule has 0 bridgehead atoms. The van der Waals surface area contributed by atoms with Gasteiger partial charge in [-0.3, -0.25) is 0 Å². The Bertz CT molecular complexity index is 89.1. The molecule has 0 saturated carbocycles. The van der Waals surface area contributed by atoms with E-state index < -0.39 is 0 Å². The molecule has 0 aliphatic carbocycles. The van der Waals surface area contributed by atoms with Crippen molar-refractivity contribution in [3.63, 3.8) is 0 Å². The van der Waals surface area contributed by atoms with Gasteiger partial charge < -0.3 is 0 Å². The van der Waals surface area contributed by atoms with Gasteiger partial charge in [0.2, 0.25) is 0 Å². The second-order valence-corrected chi connectivity index (χ2v) is 1.55. The van der Waals surface area contributed by atoms with Gasteiger partial charge >= 0.3 is 0 Å². The number of unbranched alkanes of at least 4 members (excludes halogenated alkanes) is 3. The Morgan fingerprint density at radius 2 is 2.25 bits per heavy atom. The minimum Gasteiger partial charge on any atom is -0.198 e. The Kier molecular flexibility index (Phi) is 5.63. The molecule has 1 heteroatoms. The minimum atomic E-state index is 0.891. The summed E-state index contributed by atoms with van der Waals surface area (Å²) in [7, 11) is 0. The predicted octanol–water partition coefficient (Wildman–Crippen LogP) is 2.07. The van der Waals surface area contributed by atoms with Crippen LogP contribution in [0.4, 0.5) is 0 Å². The third-order valence-corrected chi connectivity index (χ3v) is 0.848. The van der Waals surface area contributed by atoms with E-state index in [1.807, 2.05) is 12.1 Å². The van der Waals surface area contributed by atoms with Crippen molar-refractivity contribution in [3.05, 3.63) is 19.1 Å². The summed E-state index contributed by atoms with van der Waals surface area (Å²) in [5.74, 6) is 0. The standard InChI is InChI=1S/C7H10N/c1-2-3-4-5-6-7-8/h2,6H,1,3-5H2. The van der Waals surface area contributed by atoms with Crippen molar-refractivity contribution in [2.24, 2.45) is 0 Å². The molecule has 0 aliphatic rings. The van der Waals surface area contributed by atoms with Crippen LogP contribution in [0, 0.1) is 17.8 Å². The molecule has 0 saturated heterocycles. The van der Waals surface area contributed by atoms with Gasteiger partial charge in [0.1, 0.15) is 0 Å². The molecule has 0 amide bonds. The fourth-order valence-corrected chi connectivity index (χ4v) is 0.429. The fourth-order valence-electron chi connectivity index (χ4n) is 0.429. The molecule has 0 unspecified atom stereocenters. The van der Waals surface area contributed by atoms with Crippen molar-refractivity contribution in [3.8, 4) is 6.07 Å². The van der Waals surface area contributed by atoms with E-state index >= 15 is 0 Å². The second-order valence-electron chi connectivity index (χ2n) is 1.55. The van der Waals surface area contributed by atoms with Crippen LogP contribution in [-0.2, 0) is 0 Å². The van der Waals surface area contributed by atoms with Crippen LogP contribution in [0.25, 0.3) is 0 Å². The molecule has 0 fully saturated rings. The van der Waals surface area contributed by atoms with Gasteiger partial charge in [0.05, 0.1) is 12.5 Å². The van der Waals surface area contributed by atoms with Crippen LogP contribution in [0.3, 0.4) is 0 Å². The lowest BCUT2D eigenvalue weighted by Gasteiger charge is -1.85. The zero-order valence-electron chi connectivity index (χ0n) is 4.93. The first-order chi connectivity index (χ1) is 3.91. The van der Waals surface area contributed by atoms with Gasteiger partial charge in [-0.15, -0.1) is 6.58 Å². The Morgan fingerprint density at radius 3 is 2.75 bits per heavy atom. The largest absolute Gasteiger partial charge is 0.198 e. The summed E-state index contributed by atoms with van der Waals surface area (Å²) in [6.45, 7) is 3.56. The molecule has 0 rings (SSSR count). The lowest BCUT2D eigenvalue weighted by Crippen LogP contribution is -1.71. The van der Waals surface area contributed by atoms with Crippen LogP contribution in [0.2, 0.25) is 0 Å². The maximum atomic E-state index is 8.03. The van der Waals surface area contributed by atoms with Crippen LogP contribution < -0.4 is 0 Å². The summed E-state index contributed by atoms with van der Waals surface area (Å²) < 4.78 is 0. The van der Waals surface area contributed by atoms with Gasteiger partial charge in [0.15, 0.2) is 0 Å². The number of allylic oxidation sites excluding steroid dienone is 1. The summed E-state index contributed by atoms with van der Waals surface area (Å²) in [6, 6.07) is 1.97. The van der Waals surface area contributed by atoms with E-state index in [1.165, 1.54) is 0 Å². The molecule has 0 spiro atoms. The van der Waals surface area contributed by atoms with Gasteiger partial charge in [-0.1, -0.05) is 6.08 Å². The summed E-state index contributed by atoms with van der Waals surface area (Å²) in [4.78, 5) is 0. The molecule has 43 valence electrons. The Balaban J connectivity index is 2.74. The van der Waals surface area contributed by atoms with Crippen LogP contribution in [0.15, 0.2) is 12.7 Å². The summed E-state index contributed by atoms with van der Waals surface area (Å²) >= 11 is 0. The SMILES string of the molecule is C=CCCC[CH]C#N. The van der Waals surface area contributed by atoms with Crippen molar-refractivity contribution in [1.82, 2.24) is 0 Å². The van der Waals surface area contributed by atoms with Gasteiger partial charge in [0.25, 0.3) is 0 Å². The van der Waals surface area contributed by atoms with E-state index in [1.54, 1.807) is 6.42 Å². The monoisotopic (exact) mass is 108 g/mol. The highest BCUT2D eigenvalue weighted by Crippen LogP contribution is 1.96. The Hall–Kier alpha value is -0.770. The highest BCUT2D eigenvalue weighted by molar-refractivity contribution is 4.90. The second kappa shape index (κ2) is 6.23. The molecular weight excluding hydrogens is 98.1 g/mol. The van der Waals surface area contributed by atoms with E-state index in [4.69, 9.17) is 5.26 Å². The van der Waals surface area contributed by atoms with E-state index in [-0.39, 0.29) is 0 Å². The zero-order valence-corrected chi connectivity index (χ0v) is 4.93. The summed E-state index contributed by atoms with van der Waals surface area (Å²) in [5, 5.41) is 8.03. The van der Waals surface area contributed by atoms with Gasteiger partial charge in [0, 0.05) is 0 Å². The highest BCUT2D eigenvalue weighted by Gasteiger charge is 1.81. The van der Waals surface area contributed by atoms with Crippen molar-refractivity contribution < 1.29 is 0 Å². The summed E-state index contributed by atoms with van der Waals surface area (Å²) in [6.07, 6.45) is 6.44. The molecular formula is C7H10N. The highest BCUT2D eigenvalue weighted by atomic mass is 14.2. The maximum absolute atomic E-state index is 8.03. The van der Waals surface area contributed by atoms with E-state index in [2.05, 4.69) is 6.58 Å². The van der Waals surface area contributed by atoms with Gasteiger partial charge in [-0.2, -0.15) is 5.26 Å². The topological polar surface area (TPSA) is 23.8 Å². The van der Waals surface area contributed by atoms with E-state index in [0.29, 0.717) is 0 Å². The van der Waals surface area contributed by atoms with Crippen molar-refractivity contribution in [1.29, 1.82) is 5.26 Å². The molecule has 1 nitrogen and oxygen atoms in total. The molecule has 0 heterocycles. The lowest BCUT2D eigenvalue weighted by molar-refractivity contribution is 0.846. The van der Waals surface area contributed by atoms with Crippen molar-refractivity contribution in [2.45, 2.75) is 19.3 Å². The number of nitrogens with zero attached hydrogens (tertiary/aromatic N) is 1.